The van der Waals surface area contributed by atoms with E-state index in [1.54, 1.807) is 30.6 Å². The van der Waals surface area contributed by atoms with Crippen LogP contribution in [-0.2, 0) is 0 Å². The van der Waals surface area contributed by atoms with Crippen molar-refractivity contribution >= 4 is 17.7 Å². The van der Waals surface area contributed by atoms with Gasteiger partial charge in [0.25, 0.3) is 5.69 Å². The van der Waals surface area contributed by atoms with E-state index in [4.69, 9.17) is 0 Å². The predicted molar refractivity (Wildman–Crippen MR) is 88.7 cm³/mol. The van der Waals surface area contributed by atoms with Crippen LogP contribution in [0, 0.1) is 10.1 Å². The number of rotatable bonds is 4. The molecule has 0 N–H and O–H groups in total. The lowest BCUT2D eigenvalue weighted by Crippen LogP contribution is -2.44. The summed E-state index contributed by atoms with van der Waals surface area (Å²) in [5.41, 5.74) is 0.591. The molecule has 23 heavy (non-hydrogen) atoms. The van der Waals surface area contributed by atoms with E-state index in [1.165, 1.54) is 6.07 Å². The molecule has 1 aliphatic rings. The molecule has 0 unspecified atom stereocenters. The second-order valence-electron chi connectivity index (χ2n) is 5.19. The minimum atomic E-state index is -0.389. The smallest absolute Gasteiger partial charge is 0.278 e. The standard InChI is InChI=1S/C16H17N5O2/c22-21(23)15-6-2-1-5-14(15)13-18-20-11-9-19(10-12-20)16-7-3-4-8-17-16/h1-8,13H,9-12H2/b18-13+. The second-order valence-corrected chi connectivity index (χ2v) is 5.19. The summed E-state index contributed by atoms with van der Waals surface area (Å²) in [6.07, 6.45) is 3.35. The molecule has 3 rings (SSSR count). The summed E-state index contributed by atoms with van der Waals surface area (Å²) < 4.78 is 0. The van der Waals surface area contributed by atoms with Crippen LogP contribution in [0.2, 0.25) is 0 Å². The maximum Gasteiger partial charge on any atom is 0.278 e. The molecule has 1 aliphatic heterocycles. The maximum atomic E-state index is 11.0. The van der Waals surface area contributed by atoms with Crippen molar-refractivity contribution in [3.63, 3.8) is 0 Å². The van der Waals surface area contributed by atoms with Crippen molar-refractivity contribution in [3.05, 3.63) is 64.3 Å². The highest BCUT2D eigenvalue weighted by Gasteiger charge is 2.17. The Hall–Kier alpha value is -2.96. The van der Waals surface area contributed by atoms with Gasteiger partial charge in [0.1, 0.15) is 5.82 Å². The van der Waals surface area contributed by atoms with Gasteiger partial charge in [-0.3, -0.25) is 15.1 Å². The van der Waals surface area contributed by atoms with Crippen LogP contribution in [0.3, 0.4) is 0 Å². The molecule has 1 aromatic carbocycles. The lowest BCUT2D eigenvalue weighted by Gasteiger charge is -2.33. The van der Waals surface area contributed by atoms with Crippen LogP contribution in [0.5, 0.6) is 0 Å². The molecule has 2 aromatic rings. The summed E-state index contributed by atoms with van der Waals surface area (Å²) in [7, 11) is 0. The van der Waals surface area contributed by atoms with Gasteiger partial charge in [-0.15, -0.1) is 0 Å². The largest absolute Gasteiger partial charge is 0.353 e. The van der Waals surface area contributed by atoms with E-state index in [0.29, 0.717) is 5.56 Å². The van der Waals surface area contributed by atoms with E-state index in [0.717, 1.165) is 32.0 Å². The topological polar surface area (TPSA) is 74.9 Å². The fourth-order valence-electron chi connectivity index (χ4n) is 2.49. The fourth-order valence-corrected chi connectivity index (χ4v) is 2.49. The zero-order valence-electron chi connectivity index (χ0n) is 12.6. The van der Waals surface area contributed by atoms with Crippen LogP contribution in [0.15, 0.2) is 53.8 Å². The van der Waals surface area contributed by atoms with Crippen molar-refractivity contribution in [1.82, 2.24) is 9.99 Å². The molecule has 0 spiro atoms. The van der Waals surface area contributed by atoms with Crippen molar-refractivity contribution in [2.45, 2.75) is 0 Å². The van der Waals surface area contributed by atoms with Gasteiger partial charge < -0.3 is 4.90 Å². The van der Waals surface area contributed by atoms with Gasteiger partial charge in [0.2, 0.25) is 0 Å². The van der Waals surface area contributed by atoms with Crippen LogP contribution >= 0.6 is 0 Å². The predicted octanol–water partition coefficient (Wildman–Crippen LogP) is 2.15. The number of hydrazone groups is 1. The Morgan fingerprint density at radius 1 is 1.09 bits per heavy atom. The first kappa shape index (κ1) is 15.0. The molecule has 0 amide bonds. The Bertz CT molecular complexity index is 697. The van der Waals surface area contributed by atoms with Crippen LogP contribution in [0.1, 0.15) is 5.56 Å². The van der Waals surface area contributed by atoms with Gasteiger partial charge in [-0.2, -0.15) is 5.10 Å². The first-order valence-electron chi connectivity index (χ1n) is 7.42. The molecular formula is C16H17N5O2. The van der Waals surface area contributed by atoms with Gasteiger partial charge in [-0.1, -0.05) is 18.2 Å². The molecule has 118 valence electrons. The van der Waals surface area contributed by atoms with Crippen molar-refractivity contribution in [2.75, 3.05) is 31.1 Å². The normalized spacial score (nSPS) is 15.1. The average Bonchev–Trinajstić information content (AvgIpc) is 2.61. The third-order valence-electron chi connectivity index (χ3n) is 3.72. The number of para-hydroxylation sites is 1. The van der Waals surface area contributed by atoms with Crippen LogP contribution in [-0.4, -0.2) is 47.3 Å². The van der Waals surface area contributed by atoms with Crippen LogP contribution in [0.25, 0.3) is 0 Å². The highest BCUT2D eigenvalue weighted by molar-refractivity contribution is 5.84. The molecule has 0 aliphatic carbocycles. The monoisotopic (exact) mass is 311 g/mol. The average molecular weight is 311 g/mol. The molecule has 0 saturated carbocycles. The van der Waals surface area contributed by atoms with E-state index in [9.17, 15) is 10.1 Å². The van der Waals surface area contributed by atoms with Gasteiger partial charge in [0.05, 0.1) is 29.8 Å². The number of hydrogen-bond donors (Lipinski definition) is 0. The summed E-state index contributed by atoms with van der Waals surface area (Å²) >= 11 is 0. The van der Waals surface area contributed by atoms with E-state index in [1.807, 2.05) is 23.2 Å². The zero-order valence-corrected chi connectivity index (χ0v) is 12.6. The Kier molecular flexibility index (Phi) is 4.46. The number of aromatic nitrogens is 1. The van der Waals surface area contributed by atoms with Crippen molar-refractivity contribution < 1.29 is 4.92 Å². The molecule has 0 radical (unpaired) electrons. The Morgan fingerprint density at radius 2 is 1.83 bits per heavy atom. The van der Waals surface area contributed by atoms with Gasteiger partial charge in [0.15, 0.2) is 0 Å². The SMILES string of the molecule is O=[N+]([O-])c1ccccc1/C=N/N1CCN(c2ccccn2)CC1. The van der Waals surface area contributed by atoms with Gasteiger partial charge in [0, 0.05) is 25.4 Å². The van der Waals surface area contributed by atoms with E-state index >= 15 is 0 Å². The molecule has 7 heteroatoms. The van der Waals surface area contributed by atoms with E-state index in [2.05, 4.69) is 15.0 Å². The molecule has 7 nitrogen and oxygen atoms in total. The molecule has 1 fully saturated rings. The zero-order chi connectivity index (χ0) is 16.1. The molecular weight excluding hydrogens is 294 g/mol. The summed E-state index contributed by atoms with van der Waals surface area (Å²) in [5.74, 6) is 0.967. The Labute approximate surface area is 134 Å². The van der Waals surface area contributed by atoms with E-state index in [-0.39, 0.29) is 10.6 Å². The fraction of sp³-hybridized carbons (Fsp3) is 0.250. The summed E-state index contributed by atoms with van der Waals surface area (Å²) in [6, 6.07) is 12.5. The first-order valence-corrected chi connectivity index (χ1v) is 7.42. The Balaban J connectivity index is 1.62. The summed E-state index contributed by atoms with van der Waals surface area (Å²) in [5, 5.41) is 17.3. The summed E-state index contributed by atoms with van der Waals surface area (Å²) in [4.78, 5) is 17.2. The number of benzene rings is 1. The number of nitro groups is 1. The first-order chi connectivity index (χ1) is 11.2. The lowest BCUT2D eigenvalue weighted by molar-refractivity contribution is -0.385. The van der Waals surface area contributed by atoms with Gasteiger partial charge in [-0.05, 0) is 18.2 Å². The molecule has 1 saturated heterocycles. The quantitative estimate of drug-likeness (QED) is 0.491. The Morgan fingerprint density at radius 3 is 2.52 bits per heavy atom. The highest BCUT2D eigenvalue weighted by atomic mass is 16.6. The number of piperazine rings is 1. The number of pyridine rings is 1. The molecule has 2 heterocycles. The number of hydrogen-bond acceptors (Lipinski definition) is 6. The van der Waals surface area contributed by atoms with Crippen molar-refractivity contribution in [2.24, 2.45) is 5.10 Å². The van der Waals surface area contributed by atoms with E-state index < -0.39 is 0 Å². The minimum Gasteiger partial charge on any atom is -0.353 e. The maximum absolute atomic E-state index is 11.0. The molecule has 1 aromatic heterocycles. The van der Waals surface area contributed by atoms with Crippen LogP contribution in [0.4, 0.5) is 11.5 Å². The van der Waals surface area contributed by atoms with Crippen molar-refractivity contribution in [1.29, 1.82) is 0 Å². The number of nitro benzene ring substituents is 1. The second kappa shape index (κ2) is 6.87. The summed E-state index contributed by atoms with van der Waals surface area (Å²) in [6.45, 7) is 3.16. The minimum absolute atomic E-state index is 0.0726. The third-order valence-corrected chi connectivity index (χ3v) is 3.72. The van der Waals surface area contributed by atoms with Gasteiger partial charge in [-0.25, -0.2) is 4.98 Å². The van der Waals surface area contributed by atoms with Gasteiger partial charge >= 0.3 is 0 Å². The van der Waals surface area contributed by atoms with Crippen molar-refractivity contribution in [3.8, 4) is 0 Å². The number of nitrogens with zero attached hydrogens (tertiary/aromatic N) is 5. The lowest BCUT2D eigenvalue weighted by atomic mass is 10.2. The third kappa shape index (κ3) is 3.63. The molecule has 0 atom stereocenters. The number of anilines is 1. The van der Waals surface area contributed by atoms with Crippen LogP contribution < -0.4 is 4.90 Å². The highest BCUT2D eigenvalue weighted by Crippen LogP contribution is 2.16. The molecule has 0 bridgehead atoms.